The van der Waals surface area contributed by atoms with Crippen LogP contribution in [0.1, 0.15) is 29.6 Å². The fraction of sp³-hybridized carbons (Fsp3) is 0.400. The molecule has 0 spiro atoms. The van der Waals surface area contributed by atoms with Gasteiger partial charge in [0, 0.05) is 10.1 Å². The van der Waals surface area contributed by atoms with E-state index in [1.165, 1.54) is 4.90 Å². The van der Waals surface area contributed by atoms with E-state index in [-0.39, 0.29) is 12.5 Å². The van der Waals surface area contributed by atoms with Crippen LogP contribution < -0.4 is 5.73 Å². The number of hydrogen-bond donors (Lipinski definition) is 1. The van der Waals surface area contributed by atoms with Gasteiger partial charge in [0.15, 0.2) is 6.61 Å². The van der Waals surface area contributed by atoms with Crippen molar-refractivity contribution in [3.8, 4) is 0 Å². The maximum Gasteiger partial charge on any atom is 0.339 e. The Morgan fingerprint density at radius 3 is 2.68 bits per heavy atom. The zero-order valence-electron chi connectivity index (χ0n) is 12.0. The first kappa shape index (κ1) is 16.7. The summed E-state index contributed by atoms with van der Waals surface area (Å²) in [5, 5.41) is 0. The highest BCUT2D eigenvalue weighted by molar-refractivity contribution is 14.1. The van der Waals surface area contributed by atoms with E-state index >= 15 is 0 Å². The normalized spacial score (nSPS) is 17.9. The van der Waals surface area contributed by atoms with Gasteiger partial charge in [-0.05, 0) is 54.0 Å². The number of ether oxygens (including phenoxy) is 1. The molecule has 0 aliphatic carbocycles. The van der Waals surface area contributed by atoms with Crippen molar-refractivity contribution in [2.45, 2.75) is 25.3 Å². The van der Waals surface area contributed by atoms with Crippen LogP contribution in [-0.2, 0) is 14.3 Å². The van der Waals surface area contributed by atoms with Gasteiger partial charge >= 0.3 is 5.97 Å². The maximum atomic E-state index is 12.2. The Hall–Kier alpha value is -1.64. The van der Waals surface area contributed by atoms with E-state index in [0.717, 1.165) is 16.4 Å². The Morgan fingerprint density at radius 2 is 2.00 bits per heavy atom. The van der Waals surface area contributed by atoms with E-state index in [9.17, 15) is 14.4 Å². The summed E-state index contributed by atoms with van der Waals surface area (Å²) in [5.74, 6) is -1.45. The second-order valence-corrected chi connectivity index (χ2v) is 6.22. The number of halogens is 1. The summed E-state index contributed by atoms with van der Waals surface area (Å²) in [7, 11) is 0. The lowest BCUT2D eigenvalue weighted by molar-refractivity contribution is -0.143. The lowest BCUT2D eigenvalue weighted by Crippen LogP contribution is -2.51. The molecule has 2 amide bonds. The van der Waals surface area contributed by atoms with Gasteiger partial charge in [0.05, 0.1) is 5.56 Å². The van der Waals surface area contributed by atoms with Crippen LogP contribution in [0.25, 0.3) is 0 Å². The number of benzene rings is 1. The third-order valence-corrected chi connectivity index (χ3v) is 4.51. The van der Waals surface area contributed by atoms with Crippen molar-refractivity contribution in [3.05, 3.63) is 33.4 Å². The van der Waals surface area contributed by atoms with Gasteiger partial charge in [0.25, 0.3) is 5.91 Å². The summed E-state index contributed by atoms with van der Waals surface area (Å²) in [6, 6.07) is 6.37. The number of piperidine rings is 1. The first-order valence-electron chi connectivity index (χ1n) is 7.01. The van der Waals surface area contributed by atoms with Gasteiger partial charge in [-0.1, -0.05) is 12.1 Å². The van der Waals surface area contributed by atoms with Crippen LogP contribution in [0, 0.1) is 3.57 Å². The number of nitrogens with zero attached hydrogens (tertiary/aromatic N) is 1. The predicted octanol–water partition coefficient (Wildman–Crippen LogP) is 1.31. The Kier molecular flexibility index (Phi) is 5.76. The molecule has 0 unspecified atom stereocenters. The average molecular weight is 416 g/mol. The molecule has 2 rings (SSSR count). The van der Waals surface area contributed by atoms with E-state index in [2.05, 4.69) is 0 Å². The molecule has 1 aromatic carbocycles. The Morgan fingerprint density at radius 1 is 1.27 bits per heavy atom. The molecule has 0 saturated carbocycles. The molecule has 0 aromatic heterocycles. The molecule has 2 N–H and O–H groups in total. The van der Waals surface area contributed by atoms with Gasteiger partial charge in [0.1, 0.15) is 6.04 Å². The summed E-state index contributed by atoms with van der Waals surface area (Å²) in [4.78, 5) is 37.0. The van der Waals surface area contributed by atoms with Crippen molar-refractivity contribution in [2.75, 3.05) is 13.2 Å². The van der Waals surface area contributed by atoms with Crippen LogP contribution in [0.4, 0.5) is 0 Å². The fourth-order valence-corrected chi connectivity index (χ4v) is 3.05. The predicted molar refractivity (Wildman–Crippen MR) is 88.0 cm³/mol. The standard InChI is InChI=1S/C15H17IN2O4/c16-11-6-2-1-5-10(11)15(21)22-9-13(19)18-8-4-3-7-12(18)14(17)20/h1-2,5-6,12H,3-4,7-9H2,(H2,17,20)/t12-/m0/s1. The van der Waals surface area contributed by atoms with Crippen LogP contribution in [-0.4, -0.2) is 41.9 Å². The van der Waals surface area contributed by atoms with E-state index in [1.807, 2.05) is 28.7 Å². The zero-order chi connectivity index (χ0) is 16.1. The van der Waals surface area contributed by atoms with E-state index < -0.39 is 17.9 Å². The summed E-state index contributed by atoms with van der Waals surface area (Å²) < 4.78 is 5.82. The number of rotatable bonds is 4. The molecule has 1 aliphatic heterocycles. The third-order valence-electron chi connectivity index (χ3n) is 3.57. The van der Waals surface area contributed by atoms with Crippen molar-refractivity contribution in [3.63, 3.8) is 0 Å². The number of nitrogens with two attached hydrogens (primary N) is 1. The van der Waals surface area contributed by atoms with Crippen LogP contribution in [0.2, 0.25) is 0 Å². The molecule has 1 aromatic rings. The fourth-order valence-electron chi connectivity index (χ4n) is 2.44. The molecule has 22 heavy (non-hydrogen) atoms. The van der Waals surface area contributed by atoms with Gasteiger partial charge in [-0.3, -0.25) is 9.59 Å². The minimum Gasteiger partial charge on any atom is -0.452 e. The van der Waals surface area contributed by atoms with Gasteiger partial charge in [0.2, 0.25) is 5.91 Å². The summed E-state index contributed by atoms with van der Waals surface area (Å²) in [6.07, 6.45) is 2.24. The molecule has 118 valence electrons. The monoisotopic (exact) mass is 416 g/mol. The molecule has 0 bridgehead atoms. The van der Waals surface area contributed by atoms with Crippen molar-refractivity contribution in [2.24, 2.45) is 5.73 Å². The van der Waals surface area contributed by atoms with Crippen LogP contribution in [0.3, 0.4) is 0 Å². The Labute approximate surface area is 142 Å². The largest absolute Gasteiger partial charge is 0.452 e. The number of likely N-dealkylation sites (tertiary alicyclic amines) is 1. The molecule has 0 radical (unpaired) electrons. The Balaban J connectivity index is 1.96. The average Bonchev–Trinajstić information content (AvgIpc) is 2.52. The van der Waals surface area contributed by atoms with Gasteiger partial charge in [-0.15, -0.1) is 0 Å². The van der Waals surface area contributed by atoms with Crippen molar-refractivity contribution >= 4 is 40.4 Å². The van der Waals surface area contributed by atoms with Gasteiger partial charge < -0.3 is 15.4 Å². The first-order chi connectivity index (χ1) is 10.5. The number of amides is 2. The minimum atomic E-state index is -0.600. The summed E-state index contributed by atoms with van der Waals surface area (Å²) in [6.45, 7) is 0.0838. The Bertz CT molecular complexity index is 591. The molecule has 7 heteroatoms. The highest BCUT2D eigenvalue weighted by Crippen LogP contribution is 2.17. The number of carbonyl (C=O) groups excluding carboxylic acids is 3. The first-order valence-corrected chi connectivity index (χ1v) is 8.09. The summed E-state index contributed by atoms with van der Waals surface area (Å²) >= 11 is 2.03. The smallest absolute Gasteiger partial charge is 0.339 e. The van der Waals surface area contributed by atoms with Crippen LogP contribution >= 0.6 is 22.6 Å². The van der Waals surface area contributed by atoms with E-state index in [4.69, 9.17) is 10.5 Å². The second-order valence-electron chi connectivity index (χ2n) is 5.06. The SMILES string of the molecule is NC(=O)[C@@H]1CCCCN1C(=O)COC(=O)c1ccccc1I. The highest BCUT2D eigenvalue weighted by Gasteiger charge is 2.31. The second kappa shape index (κ2) is 7.57. The maximum absolute atomic E-state index is 12.2. The molecular weight excluding hydrogens is 399 g/mol. The molecule has 1 heterocycles. The topological polar surface area (TPSA) is 89.7 Å². The van der Waals surface area contributed by atoms with Crippen molar-refractivity contribution < 1.29 is 19.1 Å². The molecule has 1 atom stereocenters. The molecular formula is C15H17IN2O4. The highest BCUT2D eigenvalue weighted by atomic mass is 127. The summed E-state index contributed by atoms with van der Waals surface area (Å²) in [5.41, 5.74) is 5.74. The lowest BCUT2D eigenvalue weighted by atomic mass is 10.0. The van der Waals surface area contributed by atoms with Crippen LogP contribution in [0.5, 0.6) is 0 Å². The van der Waals surface area contributed by atoms with Crippen molar-refractivity contribution in [1.29, 1.82) is 0 Å². The van der Waals surface area contributed by atoms with Crippen molar-refractivity contribution in [1.82, 2.24) is 4.90 Å². The zero-order valence-corrected chi connectivity index (χ0v) is 14.1. The molecule has 1 aliphatic rings. The van der Waals surface area contributed by atoms with Gasteiger partial charge in [-0.2, -0.15) is 0 Å². The minimum absolute atomic E-state index is 0.381. The number of esters is 1. The van der Waals surface area contributed by atoms with E-state index in [0.29, 0.717) is 18.5 Å². The number of hydrogen-bond acceptors (Lipinski definition) is 4. The number of carbonyl (C=O) groups is 3. The molecule has 1 saturated heterocycles. The van der Waals surface area contributed by atoms with E-state index in [1.54, 1.807) is 18.2 Å². The quantitative estimate of drug-likeness (QED) is 0.592. The van der Waals surface area contributed by atoms with Gasteiger partial charge in [-0.25, -0.2) is 4.79 Å². The van der Waals surface area contributed by atoms with Crippen LogP contribution in [0.15, 0.2) is 24.3 Å². The molecule has 1 fully saturated rings. The lowest BCUT2D eigenvalue weighted by Gasteiger charge is -2.33. The molecule has 6 nitrogen and oxygen atoms in total. The number of primary amides is 1. The third kappa shape index (κ3) is 3.96.